The van der Waals surface area contributed by atoms with Crippen LogP contribution in [0.1, 0.15) is 23.6 Å². The molecule has 3 atom stereocenters. The Kier molecular flexibility index (Phi) is 13.4. The van der Waals surface area contributed by atoms with Crippen LogP contribution in [0, 0.1) is 6.92 Å². The van der Waals surface area contributed by atoms with Crippen LogP contribution in [0.3, 0.4) is 0 Å². The van der Waals surface area contributed by atoms with E-state index in [1.54, 1.807) is 13.2 Å². The van der Waals surface area contributed by atoms with Gasteiger partial charge < -0.3 is 35.0 Å². The molecule has 228 valence electrons. The van der Waals surface area contributed by atoms with Gasteiger partial charge in [-0.2, -0.15) is 0 Å². The number of nitrogens with zero attached hydrogens (tertiary/aromatic N) is 1. The number of benzene rings is 2. The Balaban J connectivity index is 0.00000111. The molecular formula is C31H42N4O7. The first kappa shape index (κ1) is 32.7. The number of epoxide rings is 1. The molecule has 0 spiro atoms. The fraction of sp³-hybridized carbons (Fsp3) is 0.484. The lowest BCUT2D eigenvalue weighted by atomic mass is 10.0. The molecule has 2 unspecified atom stereocenters. The van der Waals surface area contributed by atoms with Crippen molar-refractivity contribution in [1.29, 1.82) is 0 Å². The summed E-state index contributed by atoms with van der Waals surface area (Å²) in [6.07, 6.45) is 1.80. The van der Waals surface area contributed by atoms with Crippen LogP contribution in [0.4, 0.5) is 0 Å². The van der Waals surface area contributed by atoms with Gasteiger partial charge in [0.1, 0.15) is 18.1 Å². The van der Waals surface area contributed by atoms with Crippen molar-refractivity contribution >= 4 is 24.0 Å². The van der Waals surface area contributed by atoms with Crippen LogP contribution in [0.15, 0.2) is 48.5 Å². The first-order valence-electron chi connectivity index (χ1n) is 14.2. The van der Waals surface area contributed by atoms with Crippen LogP contribution in [-0.4, -0.2) is 100 Å². The number of nitrogens with one attached hydrogen (secondary N) is 3. The van der Waals surface area contributed by atoms with Crippen molar-refractivity contribution < 1.29 is 33.4 Å². The quantitative estimate of drug-likeness (QED) is 0.233. The predicted octanol–water partition coefficient (Wildman–Crippen LogP) is 0.811. The number of ether oxygens (including phenoxy) is 3. The summed E-state index contributed by atoms with van der Waals surface area (Å²) in [5, 5.41) is 8.07. The first-order valence-corrected chi connectivity index (χ1v) is 14.2. The maximum absolute atomic E-state index is 13.2. The highest BCUT2D eigenvalue weighted by Crippen LogP contribution is 2.19. The minimum absolute atomic E-state index is 0.173. The Bertz CT molecular complexity index is 1170. The largest absolute Gasteiger partial charge is 0.496 e. The van der Waals surface area contributed by atoms with Gasteiger partial charge in [-0.1, -0.05) is 42.5 Å². The number of aldehydes is 1. The monoisotopic (exact) mass is 582 g/mol. The van der Waals surface area contributed by atoms with Gasteiger partial charge in [0.25, 0.3) is 0 Å². The van der Waals surface area contributed by atoms with Gasteiger partial charge in [-0.05, 0) is 43.0 Å². The molecule has 4 rings (SSSR count). The van der Waals surface area contributed by atoms with Crippen molar-refractivity contribution in [3.8, 4) is 5.75 Å². The van der Waals surface area contributed by atoms with Crippen LogP contribution >= 0.6 is 0 Å². The lowest BCUT2D eigenvalue weighted by molar-refractivity contribution is -0.131. The maximum atomic E-state index is 13.2. The number of carbonyl (C=O) groups excluding carboxylic acids is 4. The van der Waals surface area contributed by atoms with Crippen molar-refractivity contribution in [2.75, 3.05) is 53.1 Å². The number of amides is 3. The van der Waals surface area contributed by atoms with E-state index in [-0.39, 0.29) is 25.4 Å². The highest BCUT2D eigenvalue weighted by molar-refractivity contribution is 5.91. The van der Waals surface area contributed by atoms with E-state index in [2.05, 4.69) is 22.9 Å². The second-order valence-electron chi connectivity index (χ2n) is 10.4. The summed E-state index contributed by atoms with van der Waals surface area (Å²) < 4.78 is 15.3. The Morgan fingerprint density at radius 1 is 1.02 bits per heavy atom. The van der Waals surface area contributed by atoms with Gasteiger partial charge in [0.05, 0.1) is 52.2 Å². The molecule has 2 fully saturated rings. The number of rotatable bonds is 13. The summed E-state index contributed by atoms with van der Waals surface area (Å²) in [4.78, 5) is 51.9. The zero-order valence-corrected chi connectivity index (χ0v) is 24.6. The Morgan fingerprint density at radius 2 is 1.71 bits per heavy atom. The van der Waals surface area contributed by atoms with Crippen LogP contribution in [-0.2, 0) is 41.5 Å². The maximum Gasteiger partial charge on any atom is 0.243 e. The number of hydrogen-bond acceptors (Lipinski definition) is 8. The molecule has 0 aromatic heterocycles. The minimum Gasteiger partial charge on any atom is -0.496 e. The third-order valence-corrected chi connectivity index (χ3v) is 6.76. The van der Waals surface area contributed by atoms with Gasteiger partial charge in [-0.25, -0.2) is 0 Å². The zero-order valence-electron chi connectivity index (χ0n) is 24.6. The molecular weight excluding hydrogens is 540 g/mol. The van der Waals surface area contributed by atoms with E-state index in [9.17, 15) is 19.2 Å². The summed E-state index contributed by atoms with van der Waals surface area (Å²) >= 11 is 0. The van der Waals surface area contributed by atoms with E-state index in [1.165, 1.54) is 0 Å². The van der Waals surface area contributed by atoms with Crippen LogP contribution in [0.5, 0.6) is 5.75 Å². The second kappa shape index (κ2) is 17.2. The lowest BCUT2D eigenvalue weighted by Gasteiger charge is -2.25. The Hall–Kier alpha value is -3.80. The molecule has 0 aliphatic carbocycles. The van der Waals surface area contributed by atoms with Gasteiger partial charge in [-0.15, -0.1) is 0 Å². The highest BCUT2D eigenvalue weighted by Gasteiger charge is 2.25. The van der Waals surface area contributed by atoms with E-state index in [0.717, 1.165) is 23.3 Å². The summed E-state index contributed by atoms with van der Waals surface area (Å²) in [5.41, 5.74) is 2.60. The molecule has 2 aliphatic rings. The first-order chi connectivity index (χ1) is 20.3. The molecule has 11 nitrogen and oxygen atoms in total. The zero-order chi connectivity index (χ0) is 30.3. The molecule has 2 aliphatic heterocycles. The lowest BCUT2D eigenvalue weighted by Crippen LogP contribution is -2.53. The van der Waals surface area contributed by atoms with Crippen LogP contribution in [0.25, 0.3) is 0 Å². The Labute approximate surface area is 247 Å². The molecule has 3 amide bonds. The van der Waals surface area contributed by atoms with Gasteiger partial charge >= 0.3 is 0 Å². The average Bonchev–Trinajstić information content (AvgIpc) is 3.78. The van der Waals surface area contributed by atoms with Crippen LogP contribution < -0.4 is 20.7 Å². The molecule has 0 radical (unpaired) electrons. The summed E-state index contributed by atoms with van der Waals surface area (Å²) in [5.74, 6) is -0.556. The average molecular weight is 583 g/mol. The predicted molar refractivity (Wildman–Crippen MR) is 157 cm³/mol. The van der Waals surface area contributed by atoms with E-state index >= 15 is 0 Å². The number of carbonyl (C=O) groups is 4. The van der Waals surface area contributed by atoms with Crippen molar-refractivity contribution in [1.82, 2.24) is 20.9 Å². The molecule has 11 heteroatoms. The summed E-state index contributed by atoms with van der Waals surface area (Å²) in [7, 11) is 1.58. The minimum atomic E-state index is -0.954. The van der Waals surface area contributed by atoms with Crippen molar-refractivity contribution in [2.45, 2.75) is 44.9 Å². The molecule has 3 N–H and O–H groups in total. The van der Waals surface area contributed by atoms with Crippen molar-refractivity contribution in [3.63, 3.8) is 0 Å². The third kappa shape index (κ3) is 12.0. The normalized spacial score (nSPS) is 17.5. The topological polar surface area (TPSA) is 139 Å². The number of hydrogen-bond donors (Lipinski definition) is 3. The van der Waals surface area contributed by atoms with Crippen molar-refractivity contribution in [3.05, 3.63) is 65.2 Å². The fourth-order valence-corrected chi connectivity index (χ4v) is 4.34. The molecule has 42 heavy (non-hydrogen) atoms. The number of morpholine rings is 1. The molecule has 2 aromatic rings. The van der Waals surface area contributed by atoms with Gasteiger partial charge in [-0.3, -0.25) is 19.3 Å². The molecule has 0 bridgehead atoms. The van der Waals surface area contributed by atoms with Crippen LogP contribution in [0.2, 0.25) is 0 Å². The Morgan fingerprint density at radius 3 is 2.31 bits per heavy atom. The van der Waals surface area contributed by atoms with Gasteiger partial charge in [0.15, 0.2) is 0 Å². The SMILES string of the molecule is CC1CO1.COc1ccc(CC(NC(=O)CNC(=O)CN2CCOCC2)C(=O)N[C@H](C=O)Cc2ccccc2)cc1C. The molecule has 0 saturated carbocycles. The molecule has 2 aromatic carbocycles. The molecule has 2 saturated heterocycles. The second-order valence-corrected chi connectivity index (χ2v) is 10.4. The van der Waals surface area contributed by atoms with Crippen molar-refractivity contribution in [2.24, 2.45) is 0 Å². The third-order valence-electron chi connectivity index (χ3n) is 6.76. The standard InChI is InChI=1S/C28H36N4O6.C3H6O/c1-20-14-22(8-9-25(20)37-2)16-24(28(36)30-23(19-33)15-21-6-4-3-5-7-21)31-26(34)17-29-27(35)18-32-10-12-38-13-11-32;1-3-2-4-3/h3-9,14,19,23-24H,10-13,15-18H2,1-2H3,(H,29,35)(H,30,36)(H,31,34);3H,2H2,1H3/t23-,24?;/m0./s1. The molecule has 2 heterocycles. The summed E-state index contributed by atoms with van der Waals surface area (Å²) in [6, 6.07) is 13.2. The summed E-state index contributed by atoms with van der Waals surface area (Å²) in [6.45, 7) is 7.29. The van der Waals surface area contributed by atoms with E-state index in [4.69, 9.17) is 14.2 Å². The van der Waals surface area contributed by atoms with E-state index in [0.29, 0.717) is 50.9 Å². The van der Waals surface area contributed by atoms with E-state index < -0.39 is 23.9 Å². The number of methoxy groups -OCH3 is 1. The van der Waals surface area contributed by atoms with Gasteiger partial charge in [0.2, 0.25) is 17.7 Å². The smallest absolute Gasteiger partial charge is 0.243 e. The van der Waals surface area contributed by atoms with E-state index in [1.807, 2.05) is 54.3 Å². The highest BCUT2D eigenvalue weighted by atomic mass is 16.6. The fourth-order valence-electron chi connectivity index (χ4n) is 4.34. The number of aryl methyl sites for hydroxylation is 1. The van der Waals surface area contributed by atoms with Gasteiger partial charge in [0, 0.05) is 19.5 Å².